The number of allylic oxidation sites excluding steroid dienone is 1. The summed E-state index contributed by atoms with van der Waals surface area (Å²) in [7, 11) is -3.45. The maximum Gasteiger partial charge on any atom is 0.219 e. The summed E-state index contributed by atoms with van der Waals surface area (Å²) in [5, 5.41) is 0. The van der Waals surface area contributed by atoms with Crippen LogP contribution in [-0.2, 0) is 14.8 Å². The third kappa shape index (κ3) is 2.32. The predicted molar refractivity (Wildman–Crippen MR) is 85.8 cm³/mol. The Kier molecular flexibility index (Phi) is 3.53. The summed E-state index contributed by atoms with van der Waals surface area (Å²) in [5.74, 6) is 0.0840. The lowest BCUT2D eigenvalue weighted by Crippen LogP contribution is -2.43. The van der Waals surface area contributed by atoms with Crippen LogP contribution in [0.5, 0.6) is 0 Å². The van der Waals surface area contributed by atoms with Crippen molar-refractivity contribution in [1.29, 1.82) is 0 Å². The van der Waals surface area contributed by atoms with E-state index in [1.807, 2.05) is 30.3 Å². The highest BCUT2D eigenvalue weighted by Gasteiger charge is 2.50. The highest BCUT2D eigenvalue weighted by atomic mass is 32.2. The predicted octanol–water partition coefficient (Wildman–Crippen LogP) is 2.69. The van der Waals surface area contributed by atoms with Gasteiger partial charge in [0.1, 0.15) is 0 Å². The van der Waals surface area contributed by atoms with Crippen molar-refractivity contribution in [1.82, 2.24) is 4.31 Å². The van der Waals surface area contributed by atoms with Crippen molar-refractivity contribution in [3.63, 3.8) is 0 Å². The topological polar surface area (TPSA) is 54.5 Å². The fourth-order valence-electron chi connectivity index (χ4n) is 3.31. The summed E-state index contributed by atoms with van der Waals surface area (Å²) >= 11 is 0. The number of ketones is 1. The van der Waals surface area contributed by atoms with Crippen molar-refractivity contribution in [2.45, 2.75) is 38.0 Å². The number of hydrogen-bond acceptors (Lipinski definition) is 3. The average Bonchev–Trinajstić information content (AvgIpc) is 2.94. The quantitative estimate of drug-likeness (QED) is 0.842. The molecule has 0 aromatic heterocycles. The van der Waals surface area contributed by atoms with Crippen LogP contribution in [0.2, 0.25) is 0 Å². The molecule has 0 saturated carbocycles. The van der Waals surface area contributed by atoms with Gasteiger partial charge in [-0.2, -0.15) is 4.31 Å². The van der Waals surface area contributed by atoms with Crippen LogP contribution in [0.25, 0.3) is 0 Å². The molecule has 0 N–H and O–H groups in total. The second kappa shape index (κ2) is 5.03. The van der Waals surface area contributed by atoms with Gasteiger partial charge in [0.15, 0.2) is 5.78 Å². The third-order valence-electron chi connectivity index (χ3n) is 4.50. The average molecular weight is 319 g/mol. The second-order valence-corrected chi connectivity index (χ2v) is 9.66. The van der Waals surface area contributed by atoms with E-state index in [9.17, 15) is 13.2 Å². The smallest absolute Gasteiger partial charge is 0.219 e. The summed E-state index contributed by atoms with van der Waals surface area (Å²) < 4.78 is 26.7. The molecule has 22 heavy (non-hydrogen) atoms. The Hall–Kier alpha value is -1.46. The van der Waals surface area contributed by atoms with Gasteiger partial charge in [-0.15, -0.1) is 0 Å². The first-order valence-electron chi connectivity index (χ1n) is 7.51. The van der Waals surface area contributed by atoms with Gasteiger partial charge in [0.2, 0.25) is 10.0 Å². The Balaban J connectivity index is 2.10. The summed E-state index contributed by atoms with van der Waals surface area (Å²) in [6.45, 7) is 5.49. The van der Waals surface area contributed by atoms with Gasteiger partial charge in [0.25, 0.3) is 0 Å². The summed E-state index contributed by atoms with van der Waals surface area (Å²) in [4.78, 5) is 11.7. The van der Waals surface area contributed by atoms with E-state index in [4.69, 9.17) is 0 Å². The number of hydrogen-bond donors (Lipinski definition) is 0. The van der Waals surface area contributed by atoms with Gasteiger partial charge < -0.3 is 0 Å². The number of rotatable bonds is 2. The van der Waals surface area contributed by atoms with Crippen LogP contribution in [-0.4, -0.2) is 29.8 Å². The first-order valence-corrected chi connectivity index (χ1v) is 8.95. The minimum absolute atomic E-state index is 0.0213. The first kappa shape index (κ1) is 15.4. The molecule has 0 bridgehead atoms. The molecule has 1 aromatic rings. The standard InChI is InChI=1S/C17H21NO3S/c1-17(2,3)22(20,21)18-11-13-9-14(19)10-15(13)16(18)12-7-5-4-6-8-12/h4-9,15-16H,10-11H2,1-3H3/t15-,16+/m0/s1. The van der Waals surface area contributed by atoms with Crippen LogP contribution < -0.4 is 0 Å². The molecule has 3 rings (SSSR count). The zero-order chi connectivity index (χ0) is 16.1. The molecule has 4 nitrogen and oxygen atoms in total. The van der Waals surface area contributed by atoms with Crippen molar-refractivity contribution in [2.75, 3.05) is 6.54 Å². The molecule has 2 atom stereocenters. The van der Waals surface area contributed by atoms with Crippen LogP contribution in [0.3, 0.4) is 0 Å². The van der Waals surface area contributed by atoms with Crippen molar-refractivity contribution in [3.05, 3.63) is 47.5 Å². The molecular weight excluding hydrogens is 298 g/mol. The number of fused-ring (bicyclic) bond motifs is 1. The lowest BCUT2D eigenvalue weighted by molar-refractivity contribution is -0.114. The Bertz CT molecular complexity index is 729. The Labute approximate surface area is 131 Å². The van der Waals surface area contributed by atoms with Gasteiger partial charge in [0, 0.05) is 18.9 Å². The molecule has 0 spiro atoms. The van der Waals surface area contributed by atoms with Crippen molar-refractivity contribution in [3.8, 4) is 0 Å². The van der Waals surface area contributed by atoms with Gasteiger partial charge in [-0.3, -0.25) is 4.79 Å². The third-order valence-corrected chi connectivity index (χ3v) is 7.02. The Morgan fingerprint density at radius 2 is 1.77 bits per heavy atom. The highest BCUT2D eigenvalue weighted by molar-refractivity contribution is 7.90. The molecule has 1 aliphatic carbocycles. The van der Waals surface area contributed by atoms with Crippen LogP contribution in [0.15, 0.2) is 42.0 Å². The first-order chi connectivity index (χ1) is 10.2. The molecule has 118 valence electrons. The van der Waals surface area contributed by atoms with Crippen molar-refractivity contribution < 1.29 is 13.2 Å². The highest BCUT2D eigenvalue weighted by Crippen LogP contribution is 2.48. The zero-order valence-corrected chi connectivity index (χ0v) is 13.9. The van der Waals surface area contributed by atoms with Gasteiger partial charge >= 0.3 is 0 Å². The zero-order valence-electron chi connectivity index (χ0n) is 13.1. The molecule has 5 heteroatoms. The van der Waals surface area contributed by atoms with Crippen LogP contribution in [0.1, 0.15) is 38.8 Å². The van der Waals surface area contributed by atoms with E-state index < -0.39 is 14.8 Å². The van der Waals surface area contributed by atoms with E-state index in [-0.39, 0.29) is 17.7 Å². The molecule has 1 aliphatic heterocycles. The molecule has 0 amide bonds. The molecule has 0 radical (unpaired) electrons. The lowest BCUT2D eigenvalue weighted by Gasteiger charge is -2.32. The molecule has 0 unspecified atom stereocenters. The number of sulfonamides is 1. The number of carbonyl (C=O) groups excluding carboxylic acids is 1. The lowest BCUT2D eigenvalue weighted by atomic mass is 9.92. The van der Waals surface area contributed by atoms with E-state index in [1.165, 1.54) is 0 Å². The monoisotopic (exact) mass is 319 g/mol. The number of nitrogens with zero attached hydrogens (tertiary/aromatic N) is 1. The summed E-state index contributed by atoms with van der Waals surface area (Å²) in [5.41, 5.74) is 1.91. The molecule has 1 aromatic carbocycles. The van der Waals surface area contributed by atoms with Gasteiger partial charge in [-0.25, -0.2) is 8.42 Å². The second-order valence-electron chi connectivity index (χ2n) is 7.01. The molecular formula is C17H21NO3S. The van der Waals surface area contributed by atoms with E-state index in [1.54, 1.807) is 31.2 Å². The molecule has 1 fully saturated rings. The van der Waals surface area contributed by atoms with Crippen molar-refractivity contribution >= 4 is 15.8 Å². The van der Waals surface area contributed by atoms with E-state index in [2.05, 4.69) is 0 Å². The molecule has 1 saturated heterocycles. The minimum atomic E-state index is -3.45. The van der Waals surface area contributed by atoms with Crippen LogP contribution in [0.4, 0.5) is 0 Å². The van der Waals surface area contributed by atoms with Gasteiger partial charge in [-0.05, 0) is 38.0 Å². The largest absolute Gasteiger partial charge is 0.295 e. The number of benzene rings is 1. The Morgan fingerprint density at radius 1 is 1.14 bits per heavy atom. The fraction of sp³-hybridized carbons (Fsp3) is 0.471. The van der Waals surface area contributed by atoms with E-state index in [0.29, 0.717) is 13.0 Å². The SMILES string of the molecule is CC(C)(C)S(=O)(=O)N1CC2=CC(=O)C[C@@H]2[C@H]1c1ccccc1. The molecule has 1 heterocycles. The van der Waals surface area contributed by atoms with E-state index in [0.717, 1.165) is 11.1 Å². The maximum atomic E-state index is 13.0. The number of carbonyl (C=O) groups is 1. The van der Waals surface area contributed by atoms with Crippen LogP contribution >= 0.6 is 0 Å². The summed E-state index contributed by atoms with van der Waals surface area (Å²) in [6.07, 6.45) is 2.05. The normalized spacial score (nSPS) is 26.1. The van der Waals surface area contributed by atoms with Gasteiger partial charge in [-0.1, -0.05) is 30.3 Å². The van der Waals surface area contributed by atoms with Crippen LogP contribution in [0, 0.1) is 5.92 Å². The molecule has 2 aliphatic rings. The maximum absolute atomic E-state index is 13.0. The van der Waals surface area contributed by atoms with E-state index >= 15 is 0 Å². The fourth-order valence-corrected chi connectivity index (χ4v) is 4.90. The van der Waals surface area contributed by atoms with Gasteiger partial charge in [0.05, 0.1) is 10.8 Å². The minimum Gasteiger partial charge on any atom is -0.295 e. The summed E-state index contributed by atoms with van der Waals surface area (Å²) in [6, 6.07) is 9.36. The van der Waals surface area contributed by atoms with Crippen molar-refractivity contribution in [2.24, 2.45) is 5.92 Å². The Morgan fingerprint density at radius 3 is 2.36 bits per heavy atom.